The van der Waals surface area contributed by atoms with Crippen LogP contribution in [0.1, 0.15) is 17.5 Å². The third-order valence-corrected chi connectivity index (χ3v) is 7.11. The van der Waals surface area contributed by atoms with E-state index >= 15 is 0 Å². The van der Waals surface area contributed by atoms with Gasteiger partial charge in [-0.15, -0.1) is 22.7 Å². The molecule has 2 heterocycles. The van der Waals surface area contributed by atoms with Gasteiger partial charge in [0.1, 0.15) is 10.8 Å². The maximum Gasteiger partial charge on any atom is 0.240 e. The first kappa shape index (κ1) is 18.1. The maximum atomic E-state index is 12.5. The molecule has 3 rings (SSSR count). The van der Waals surface area contributed by atoms with E-state index in [4.69, 9.17) is 4.74 Å². The molecule has 0 fully saturated rings. The Kier molecular flexibility index (Phi) is 5.53. The molecule has 0 atom stereocenters. The van der Waals surface area contributed by atoms with Crippen LogP contribution in [0.5, 0.6) is 5.75 Å². The Morgan fingerprint density at radius 1 is 1.20 bits per heavy atom. The van der Waals surface area contributed by atoms with Crippen LogP contribution in [0.3, 0.4) is 0 Å². The highest BCUT2D eigenvalue weighted by atomic mass is 32.2. The Morgan fingerprint density at radius 3 is 2.60 bits per heavy atom. The van der Waals surface area contributed by atoms with E-state index in [-0.39, 0.29) is 11.4 Å². The van der Waals surface area contributed by atoms with E-state index in [2.05, 4.69) is 9.71 Å². The number of hydrogen-bond acceptors (Lipinski definition) is 6. The molecule has 132 valence electrons. The molecule has 0 saturated carbocycles. The van der Waals surface area contributed by atoms with Gasteiger partial charge < -0.3 is 4.74 Å². The Balaban J connectivity index is 1.72. The molecule has 25 heavy (non-hydrogen) atoms. The summed E-state index contributed by atoms with van der Waals surface area (Å²) in [7, 11) is -3.58. The van der Waals surface area contributed by atoms with Crippen LogP contribution in [0.25, 0.3) is 9.88 Å². The van der Waals surface area contributed by atoms with E-state index in [9.17, 15) is 8.42 Å². The minimum absolute atomic E-state index is 0.219. The third kappa shape index (κ3) is 4.27. The average Bonchev–Trinajstić information content (AvgIpc) is 3.23. The van der Waals surface area contributed by atoms with Crippen LogP contribution in [-0.4, -0.2) is 20.0 Å². The SMILES string of the molecule is CCOc1ccc(S(=O)(=O)NCc2sc(-c3cccs3)nc2C)cc1. The highest BCUT2D eigenvalue weighted by Crippen LogP contribution is 2.31. The van der Waals surface area contributed by atoms with Crippen LogP contribution in [-0.2, 0) is 16.6 Å². The molecule has 8 heteroatoms. The number of aromatic nitrogens is 1. The van der Waals surface area contributed by atoms with Gasteiger partial charge in [-0.3, -0.25) is 0 Å². The van der Waals surface area contributed by atoms with E-state index < -0.39 is 10.0 Å². The third-order valence-electron chi connectivity index (χ3n) is 3.49. The molecule has 0 unspecified atom stereocenters. The maximum absolute atomic E-state index is 12.5. The first-order valence-corrected chi connectivity index (χ1v) is 10.9. The second-order valence-corrected chi connectivity index (χ2v) is 9.03. The molecule has 0 aliphatic heterocycles. The molecule has 5 nitrogen and oxygen atoms in total. The van der Waals surface area contributed by atoms with Crippen LogP contribution < -0.4 is 9.46 Å². The van der Waals surface area contributed by atoms with Gasteiger partial charge in [-0.25, -0.2) is 18.1 Å². The molecule has 0 aliphatic rings. The molecule has 1 N–H and O–H groups in total. The van der Waals surface area contributed by atoms with Crippen molar-refractivity contribution in [1.82, 2.24) is 9.71 Å². The monoisotopic (exact) mass is 394 g/mol. The number of thiazole rings is 1. The van der Waals surface area contributed by atoms with Gasteiger partial charge in [0, 0.05) is 11.4 Å². The number of nitrogens with one attached hydrogen (secondary N) is 1. The zero-order valence-electron chi connectivity index (χ0n) is 13.9. The summed E-state index contributed by atoms with van der Waals surface area (Å²) in [5.74, 6) is 0.653. The van der Waals surface area contributed by atoms with Crippen LogP contribution in [0.2, 0.25) is 0 Å². The summed E-state index contributed by atoms with van der Waals surface area (Å²) in [5.41, 5.74) is 0.850. The van der Waals surface area contributed by atoms with Crippen LogP contribution in [0.15, 0.2) is 46.7 Å². The van der Waals surface area contributed by atoms with Gasteiger partial charge in [-0.05, 0) is 49.6 Å². The second-order valence-electron chi connectivity index (χ2n) is 5.23. The topological polar surface area (TPSA) is 68.3 Å². The Morgan fingerprint density at radius 2 is 1.96 bits per heavy atom. The quantitative estimate of drug-likeness (QED) is 0.656. The number of benzene rings is 1. The smallest absolute Gasteiger partial charge is 0.240 e. The van der Waals surface area contributed by atoms with E-state index in [1.165, 1.54) is 11.3 Å². The van der Waals surface area contributed by atoms with Crippen molar-refractivity contribution in [3.8, 4) is 15.6 Å². The van der Waals surface area contributed by atoms with Gasteiger partial charge in [0.15, 0.2) is 0 Å². The van der Waals surface area contributed by atoms with Crippen molar-refractivity contribution >= 4 is 32.7 Å². The molecule has 0 saturated heterocycles. The number of nitrogens with zero attached hydrogens (tertiary/aromatic N) is 1. The molecule has 2 aromatic heterocycles. The number of ether oxygens (including phenoxy) is 1. The van der Waals surface area contributed by atoms with Gasteiger partial charge in [-0.1, -0.05) is 6.07 Å². The van der Waals surface area contributed by atoms with Gasteiger partial charge in [0.05, 0.1) is 22.1 Å². The first-order chi connectivity index (χ1) is 12.0. The molecule has 0 spiro atoms. The van der Waals surface area contributed by atoms with Gasteiger partial charge in [0.2, 0.25) is 10.0 Å². The van der Waals surface area contributed by atoms with Crippen molar-refractivity contribution in [3.05, 3.63) is 52.3 Å². The molecule has 0 amide bonds. The average molecular weight is 395 g/mol. The highest BCUT2D eigenvalue weighted by molar-refractivity contribution is 7.89. The predicted molar refractivity (Wildman–Crippen MR) is 102 cm³/mol. The molecule has 0 aliphatic carbocycles. The van der Waals surface area contributed by atoms with Crippen molar-refractivity contribution in [1.29, 1.82) is 0 Å². The summed E-state index contributed by atoms with van der Waals surface area (Å²) < 4.78 is 32.9. The predicted octanol–water partition coefficient (Wildman–Crippen LogP) is 4.06. The molecular weight excluding hydrogens is 376 g/mol. The number of aryl methyl sites for hydroxylation is 1. The van der Waals surface area contributed by atoms with Crippen LogP contribution >= 0.6 is 22.7 Å². The largest absolute Gasteiger partial charge is 0.494 e. The molecule has 1 aromatic carbocycles. The number of hydrogen-bond donors (Lipinski definition) is 1. The summed E-state index contributed by atoms with van der Waals surface area (Å²) in [6.07, 6.45) is 0. The van der Waals surface area contributed by atoms with E-state index in [1.54, 1.807) is 35.6 Å². The Labute approximate surface area is 155 Å². The van der Waals surface area contributed by atoms with Gasteiger partial charge in [-0.2, -0.15) is 0 Å². The Hall–Kier alpha value is -1.74. The van der Waals surface area contributed by atoms with Crippen LogP contribution in [0.4, 0.5) is 0 Å². The van der Waals surface area contributed by atoms with Crippen molar-refractivity contribution in [2.75, 3.05) is 6.61 Å². The van der Waals surface area contributed by atoms with E-state index in [1.807, 2.05) is 31.4 Å². The summed E-state index contributed by atoms with van der Waals surface area (Å²) in [6, 6.07) is 10.4. The summed E-state index contributed by atoms with van der Waals surface area (Å²) in [5, 5.41) is 2.92. The lowest BCUT2D eigenvalue weighted by Gasteiger charge is -2.07. The van der Waals surface area contributed by atoms with Crippen LogP contribution in [0, 0.1) is 6.92 Å². The normalized spacial score (nSPS) is 11.6. The fraction of sp³-hybridized carbons (Fsp3) is 0.235. The van der Waals surface area contributed by atoms with Crippen molar-refractivity contribution in [3.63, 3.8) is 0 Å². The fourth-order valence-corrected chi connectivity index (χ4v) is 5.11. The summed E-state index contributed by atoms with van der Waals surface area (Å²) >= 11 is 3.14. The van der Waals surface area contributed by atoms with Crippen molar-refractivity contribution in [2.24, 2.45) is 0 Å². The van der Waals surface area contributed by atoms with Crippen molar-refractivity contribution < 1.29 is 13.2 Å². The summed E-state index contributed by atoms with van der Waals surface area (Å²) in [4.78, 5) is 6.76. The van der Waals surface area contributed by atoms with E-state index in [0.717, 1.165) is 20.5 Å². The second kappa shape index (κ2) is 7.65. The Bertz CT molecular complexity index is 930. The van der Waals surface area contributed by atoms with E-state index in [0.29, 0.717) is 12.4 Å². The number of thiophene rings is 1. The highest BCUT2D eigenvalue weighted by Gasteiger charge is 2.16. The van der Waals surface area contributed by atoms with Gasteiger partial charge in [0.25, 0.3) is 0 Å². The lowest BCUT2D eigenvalue weighted by atomic mass is 10.3. The zero-order chi connectivity index (χ0) is 17.9. The van der Waals surface area contributed by atoms with Crippen molar-refractivity contribution in [2.45, 2.75) is 25.3 Å². The molecular formula is C17H18N2O3S3. The first-order valence-electron chi connectivity index (χ1n) is 7.72. The van der Waals surface area contributed by atoms with Gasteiger partial charge >= 0.3 is 0 Å². The standard InChI is InChI=1S/C17H18N2O3S3/c1-3-22-13-6-8-14(9-7-13)25(20,21)18-11-16-12(2)19-17(24-16)15-5-4-10-23-15/h4-10,18H,3,11H2,1-2H3. The zero-order valence-corrected chi connectivity index (χ0v) is 16.3. The fourth-order valence-electron chi connectivity index (χ4n) is 2.22. The minimum atomic E-state index is -3.58. The molecule has 3 aromatic rings. The number of rotatable bonds is 7. The molecule has 0 bridgehead atoms. The lowest BCUT2D eigenvalue weighted by molar-refractivity contribution is 0.340. The minimum Gasteiger partial charge on any atom is -0.494 e. The molecule has 0 radical (unpaired) electrons. The number of sulfonamides is 1. The summed E-state index contributed by atoms with van der Waals surface area (Å²) in [6.45, 7) is 4.55. The lowest BCUT2D eigenvalue weighted by Crippen LogP contribution is -2.23.